The van der Waals surface area contributed by atoms with Crippen molar-refractivity contribution in [3.05, 3.63) is 29.8 Å². The lowest BCUT2D eigenvalue weighted by molar-refractivity contribution is 0.0747. The van der Waals surface area contributed by atoms with Gasteiger partial charge in [0.15, 0.2) is 0 Å². The molecule has 1 aromatic rings. The number of ether oxygens (including phenoxy) is 1. The highest BCUT2D eigenvalue weighted by Crippen LogP contribution is 2.30. The molecule has 4 nitrogen and oxygen atoms in total. The minimum atomic E-state index is 0. The third-order valence-electron chi connectivity index (χ3n) is 6.27. The van der Waals surface area contributed by atoms with E-state index < -0.39 is 0 Å². The van der Waals surface area contributed by atoms with Crippen LogP contribution in [0, 0.1) is 11.8 Å². The van der Waals surface area contributed by atoms with Gasteiger partial charge in [0, 0.05) is 13.1 Å². The number of hydrogen-bond acceptors (Lipinski definition) is 3. The van der Waals surface area contributed by atoms with Gasteiger partial charge in [0.1, 0.15) is 5.75 Å². The number of halogens is 1. The van der Waals surface area contributed by atoms with Crippen LogP contribution in [0.4, 0.5) is 0 Å². The van der Waals surface area contributed by atoms with Crippen LogP contribution in [0.3, 0.4) is 0 Å². The third kappa shape index (κ3) is 4.34. The van der Waals surface area contributed by atoms with Crippen molar-refractivity contribution in [2.75, 3.05) is 26.2 Å². The number of carbonyl (C=O) groups excluding carboxylic acids is 1. The summed E-state index contributed by atoms with van der Waals surface area (Å²) < 4.78 is 6.25. The van der Waals surface area contributed by atoms with Crippen LogP contribution in [-0.4, -0.2) is 43.1 Å². The van der Waals surface area contributed by atoms with Gasteiger partial charge < -0.3 is 15.0 Å². The molecule has 2 atom stereocenters. The van der Waals surface area contributed by atoms with Crippen molar-refractivity contribution in [2.24, 2.45) is 11.8 Å². The van der Waals surface area contributed by atoms with Crippen LogP contribution in [0.2, 0.25) is 0 Å². The molecule has 3 fully saturated rings. The number of carbonyl (C=O) groups is 1. The summed E-state index contributed by atoms with van der Waals surface area (Å²) in [5.41, 5.74) is 0.748. The summed E-state index contributed by atoms with van der Waals surface area (Å²) in [7, 11) is 0. The predicted octanol–water partition coefficient (Wildman–Crippen LogP) is 3.89. The first-order valence-corrected chi connectivity index (χ1v) is 10.1. The molecular weight excluding hydrogens is 348 g/mol. The summed E-state index contributed by atoms with van der Waals surface area (Å²) in [6.45, 7) is 3.99. The van der Waals surface area contributed by atoms with Crippen molar-refractivity contribution in [3.8, 4) is 5.75 Å². The third-order valence-corrected chi connectivity index (χ3v) is 6.27. The Balaban J connectivity index is 0.00000196. The topological polar surface area (TPSA) is 41.6 Å². The Morgan fingerprint density at radius 3 is 2.31 bits per heavy atom. The van der Waals surface area contributed by atoms with Crippen LogP contribution >= 0.6 is 12.4 Å². The van der Waals surface area contributed by atoms with Gasteiger partial charge in [0.2, 0.25) is 0 Å². The Hall–Kier alpha value is -1.26. The van der Waals surface area contributed by atoms with Gasteiger partial charge in [-0.15, -0.1) is 12.4 Å². The Morgan fingerprint density at radius 2 is 1.62 bits per heavy atom. The van der Waals surface area contributed by atoms with E-state index in [-0.39, 0.29) is 24.4 Å². The van der Waals surface area contributed by atoms with Crippen LogP contribution in [0.5, 0.6) is 5.75 Å². The van der Waals surface area contributed by atoms with E-state index in [1.807, 2.05) is 24.3 Å². The van der Waals surface area contributed by atoms with Gasteiger partial charge in [0.05, 0.1) is 11.7 Å². The average Bonchev–Trinajstić information content (AvgIpc) is 3.01. The molecular formula is C21H31ClN2O2. The molecule has 1 saturated carbocycles. The fourth-order valence-electron chi connectivity index (χ4n) is 4.70. The number of nitrogens with zero attached hydrogens (tertiary/aromatic N) is 1. The van der Waals surface area contributed by atoms with Crippen molar-refractivity contribution in [2.45, 2.75) is 51.0 Å². The summed E-state index contributed by atoms with van der Waals surface area (Å²) >= 11 is 0. The number of nitrogens with one attached hydrogen (secondary N) is 1. The van der Waals surface area contributed by atoms with Crippen molar-refractivity contribution in [1.29, 1.82) is 0 Å². The van der Waals surface area contributed by atoms with Crippen LogP contribution in [-0.2, 0) is 0 Å². The van der Waals surface area contributed by atoms with Crippen LogP contribution < -0.4 is 10.1 Å². The summed E-state index contributed by atoms with van der Waals surface area (Å²) in [5, 5.41) is 3.50. The second kappa shape index (κ2) is 9.09. The lowest BCUT2D eigenvalue weighted by Crippen LogP contribution is -2.33. The first-order valence-electron chi connectivity index (χ1n) is 10.1. The molecule has 1 aromatic carbocycles. The maximum absolute atomic E-state index is 13.2. The molecule has 2 heterocycles. The molecule has 144 valence electrons. The van der Waals surface area contributed by atoms with E-state index in [0.29, 0.717) is 0 Å². The number of benzene rings is 1. The molecule has 3 aliphatic rings. The lowest BCUT2D eigenvalue weighted by atomic mass is 9.92. The van der Waals surface area contributed by atoms with E-state index >= 15 is 0 Å². The molecule has 0 radical (unpaired) electrons. The first kappa shape index (κ1) is 19.5. The SMILES string of the molecule is Cl.O=C(c1ccccc1OC1CCCCC1)N1CC[C@@H]2CNC[C@@H]2CC1. The number of para-hydroxylation sites is 1. The number of fused-ring (bicyclic) bond motifs is 1. The van der Waals surface area contributed by atoms with Gasteiger partial charge in [-0.05, 0) is 75.6 Å². The maximum atomic E-state index is 13.2. The highest BCUT2D eigenvalue weighted by molar-refractivity contribution is 5.97. The van der Waals surface area contributed by atoms with Crippen molar-refractivity contribution < 1.29 is 9.53 Å². The largest absolute Gasteiger partial charge is 0.490 e. The molecule has 0 unspecified atom stereocenters. The first-order chi connectivity index (χ1) is 12.3. The number of rotatable bonds is 3. The van der Waals surface area contributed by atoms with Gasteiger partial charge >= 0.3 is 0 Å². The molecule has 2 aliphatic heterocycles. The van der Waals surface area contributed by atoms with Crippen LogP contribution in [0.1, 0.15) is 55.3 Å². The summed E-state index contributed by atoms with van der Waals surface area (Å²) in [6, 6.07) is 7.84. The summed E-state index contributed by atoms with van der Waals surface area (Å²) in [4.78, 5) is 15.2. The molecule has 1 amide bonds. The van der Waals surface area contributed by atoms with E-state index in [1.165, 1.54) is 19.3 Å². The zero-order valence-electron chi connectivity index (χ0n) is 15.5. The Labute approximate surface area is 163 Å². The van der Waals surface area contributed by atoms with Crippen molar-refractivity contribution in [3.63, 3.8) is 0 Å². The van der Waals surface area contributed by atoms with Crippen molar-refractivity contribution >= 4 is 18.3 Å². The van der Waals surface area contributed by atoms with E-state index in [4.69, 9.17) is 4.74 Å². The van der Waals surface area contributed by atoms with Gasteiger partial charge in [-0.3, -0.25) is 4.79 Å². The number of amides is 1. The molecule has 5 heteroatoms. The van der Waals surface area contributed by atoms with E-state index in [2.05, 4.69) is 10.2 Å². The summed E-state index contributed by atoms with van der Waals surface area (Å²) in [5.74, 6) is 2.42. The Kier molecular flexibility index (Phi) is 6.82. The van der Waals surface area contributed by atoms with Gasteiger partial charge in [-0.1, -0.05) is 18.6 Å². The average molecular weight is 379 g/mol. The zero-order valence-corrected chi connectivity index (χ0v) is 16.3. The van der Waals surface area contributed by atoms with E-state index in [9.17, 15) is 4.79 Å². The molecule has 2 saturated heterocycles. The molecule has 1 aliphatic carbocycles. The monoisotopic (exact) mass is 378 g/mol. The van der Waals surface area contributed by atoms with E-state index in [0.717, 1.165) is 75.0 Å². The standard InChI is InChI=1S/C21H30N2O2.ClH/c24-21(23-12-10-16-14-22-15-17(16)11-13-23)19-8-4-5-9-20(19)25-18-6-2-1-3-7-18;/h4-5,8-9,16-18,22H,1-3,6-7,10-15H2;1H/t16-,17+;. The highest BCUT2D eigenvalue weighted by Gasteiger charge is 2.32. The highest BCUT2D eigenvalue weighted by atomic mass is 35.5. The zero-order chi connectivity index (χ0) is 17.1. The molecule has 26 heavy (non-hydrogen) atoms. The Morgan fingerprint density at radius 1 is 0.962 bits per heavy atom. The number of hydrogen-bond donors (Lipinski definition) is 1. The second-order valence-electron chi connectivity index (χ2n) is 7.92. The molecule has 0 aromatic heterocycles. The van der Waals surface area contributed by atoms with E-state index in [1.54, 1.807) is 0 Å². The van der Waals surface area contributed by atoms with Gasteiger partial charge in [-0.2, -0.15) is 0 Å². The fourth-order valence-corrected chi connectivity index (χ4v) is 4.70. The lowest BCUT2D eigenvalue weighted by Gasteiger charge is -2.26. The smallest absolute Gasteiger partial charge is 0.257 e. The second-order valence-corrected chi connectivity index (χ2v) is 7.92. The Bertz CT molecular complexity index is 589. The summed E-state index contributed by atoms with van der Waals surface area (Å²) in [6.07, 6.45) is 8.53. The quantitative estimate of drug-likeness (QED) is 0.867. The molecule has 0 bridgehead atoms. The van der Waals surface area contributed by atoms with Gasteiger partial charge in [-0.25, -0.2) is 0 Å². The molecule has 4 rings (SSSR count). The predicted molar refractivity (Wildman–Crippen MR) is 106 cm³/mol. The minimum Gasteiger partial charge on any atom is -0.490 e. The molecule has 1 N–H and O–H groups in total. The normalized spacial score (nSPS) is 26.5. The maximum Gasteiger partial charge on any atom is 0.257 e. The van der Waals surface area contributed by atoms with Crippen LogP contribution in [0.15, 0.2) is 24.3 Å². The molecule has 0 spiro atoms. The fraction of sp³-hybridized carbons (Fsp3) is 0.667. The van der Waals surface area contributed by atoms with Gasteiger partial charge in [0.25, 0.3) is 5.91 Å². The minimum absolute atomic E-state index is 0. The number of likely N-dealkylation sites (tertiary alicyclic amines) is 1. The van der Waals surface area contributed by atoms with Crippen molar-refractivity contribution in [1.82, 2.24) is 10.2 Å². The van der Waals surface area contributed by atoms with Crippen LogP contribution in [0.25, 0.3) is 0 Å².